The van der Waals surface area contributed by atoms with E-state index >= 15 is 0 Å². The highest BCUT2D eigenvalue weighted by Gasteiger charge is 2.28. The lowest BCUT2D eigenvalue weighted by Gasteiger charge is -2.22. The zero-order valence-corrected chi connectivity index (χ0v) is 27.4. The van der Waals surface area contributed by atoms with Crippen molar-refractivity contribution in [3.05, 3.63) is 5.56 Å². The van der Waals surface area contributed by atoms with Crippen molar-refractivity contribution < 1.29 is 34.0 Å². The van der Waals surface area contributed by atoms with E-state index in [2.05, 4.69) is 20.8 Å². The number of carbonyl (C=O) groups is 1. The molecule has 0 amide bonds. The summed E-state index contributed by atoms with van der Waals surface area (Å²) in [5.74, 6) is 0.345. The van der Waals surface area contributed by atoms with Crippen LogP contribution < -0.4 is 18.9 Å². The molecular weight excluding hydrogens is 532 g/mol. The number of phenolic OH excluding ortho intramolecular Hbond substituents is 1. The van der Waals surface area contributed by atoms with E-state index in [4.69, 9.17) is 18.9 Å². The summed E-state index contributed by atoms with van der Waals surface area (Å²) < 4.78 is 23.6. The highest BCUT2D eigenvalue weighted by Crippen LogP contribution is 2.53. The molecular formula is C35H62O7. The summed E-state index contributed by atoms with van der Waals surface area (Å²) in [7, 11) is 0. The minimum absolute atomic E-state index is 0.111. The number of hydrogen-bond donors (Lipinski definition) is 2. The van der Waals surface area contributed by atoms with E-state index in [1.54, 1.807) is 6.92 Å². The Kier molecular flexibility index (Phi) is 22.6. The molecule has 0 saturated heterocycles. The monoisotopic (exact) mass is 594 g/mol. The van der Waals surface area contributed by atoms with Gasteiger partial charge in [0.1, 0.15) is 0 Å². The molecule has 0 unspecified atom stereocenters. The molecule has 2 N–H and O–H groups in total. The van der Waals surface area contributed by atoms with E-state index in [9.17, 15) is 15.0 Å². The van der Waals surface area contributed by atoms with Crippen LogP contribution in [0.1, 0.15) is 161 Å². The van der Waals surface area contributed by atoms with Gasteiger partial charge in [-0.2, -0.15) is 0 Å². The normalized spacial score (nSPS) is 11.0. The van der Waals surface area contributed by atoms with Crippen LogP contribution in [0.4, 0.5) is 4.79 Å². The molecule has 7 nitrogen and oxygen atoms in total. The Morgan fingerprint density at radius 1 is 0.500 bits per heavy atom. The van der Waals surface area contributed by atoms with E-state index in [0.29, 0.717) is 36.9 Å². The van der Waals surface area contributed by atoms with Crippen LogP contribution in [-0.2, 0) is 0 Å². The zero-order chi connectivity index (χ0) is 30.8. The van der Waals surface area contributed by atoms with Crippen LogP contribution in [0.5, 0.6) is 28.7 Å². The molecule has 0 atom stereocenters. The smallest absolute Gasteiger partial charge is 0.502 e. The Labute approximate surface area is 256 Å². The number of benzene rings is 1. The van der Waals surface area contributed by atoms with Gasteiger partial charge in [0, 0.05) is 5.56 Å². The van der Waals surface area contributed by atoms with Gasteiger partial charge < -0.3 is 29.2 Å². The summed E-state index contributed by atoms with van der Waals surface area (Å²) in [6, 6.07) is 0. The third-order valence-corrected chi connectivity index (χ3v) is 7.70. The van der Waals surface area contributed by atoms with Crippen molar-refractivity contribution >= 4 is 6.16 Å². The fourth-order valence-electron chi connectivity index (χ4n) is 5.12. The molecule has 0 fully saturated rings. The SMILES string of the molecule is CCCCCCCCCOc1c(C)c(OC(=O)O)c(O)c(OCCCCCCCCC)c1OCCCCCCCCC. The molecule has 0 bridgehead atoms. The van der Waals surface area contributed by atoms with Crippen LogP contribution in [-0.4, -0.2) is 36.2 Å². The Balaban J connectivity index is 2.99. The van der Waals surface area contributed by atoms with Gasteiger partial charge in [0.25, 0.3) is 0 Å². The van der Waals surface area contributed by atoms with Gasteiger partial charge in [-0.1, -0.05) is 136 Å². The first-order valence-electron chi connectivity index (χ1n) is 17.2. The predicted octanol–water partition coefficient (Wildman–Crippen LogP) is 11.1. The van der Waals surface area contributed by atoms with Crippen molar-refractivity contribution in [1.82, 2.24) is 0 Å². The molecule has 0 aliphatic carbocycles. The molecule has 1 aromatic rings. The fourth-order valence-corrected chi connectivity index (χ4v) is 5.12. The third-order valence-electron chi connectivity index (χ3n) is 7.70. The van der Waals surface area contributed by atoms with Crippen LogP contribution >= 0.6 is 0 Å². The Morgan fingerprint density at radius 3 is 1.21 bits per heavy atom. The standard InChI is InChI=1S/C35H62O7/c1-5-8-11-14-17-20-23-26-39-32-29(4)31(42-35(37)38)30(36)33(40-27-24-21-18-15-12-9-6-2)34(32)41-28-25-22-19-16-13-10-7-3/h36H,5-28H2,1-4H3,(H,37,38). The minimum atomic E-state index is -1.50. The number of aromatic hydroxyl groups is 1. The summed E-state index contributed by atoms with van der Waals surface area (Å²) in [5, 5.41) is 20.5. The summed E-state index contributed by atoms with van der Waals surface area (Å²) in [5.41, 5.74) is 0.399. The van der Waals surface area contributed by atoms with Gasteiger partial charge in [-0.3, -0.25) is 0 Å². The van der Waals surface area contributed by atoms with E-state index < -0.39 is 6.16 Å². The van der Waals surface area contributed by atoms with Crippen molar-refractivity contribution in [1.29, 1.82) is 0 Å². The van der Waals surface area contributed by atoms with Crippen molar-refractivity contribution in [2.24, 2.45) is 0 Å². The van der Waals surface area contributed by atoms with E-state index in [1.165, 1.54) is 89.9 Å². The van der Waals surface area contributed by atoms with Crippen molar-refractivity contribution in [3.63, 3.8) is 0 Å². The highest BCUT2D eigenvalue weighted by molar-refractivity contribution is 5.73. The van der Waals surface area contributed by atoms with Crippen LogP contribution in [0.25, 0.3) is 0 Å². The second-order valence-corrected chi connectivity index (χ2v) is 11.6. The van der Waals surface area contributed by atoms with Crippen LogP contribution in [0.3, 0.4) is 0 Å². The number of phenols is 1. The molecule has 244 valence electrons. The summed E-state index contributed by atoms with van der Waals surface area (Å²) in [6.45, 7) is 9.67. The molecule has 7 heteroatoms. The summed E-state index contributed by atoms with van der Waals surface area (Å²) in [4.78, 5) is 11.5. The van der Waals surface area contributed by atoms with Gasteiger partial charge in [0.15, 0.2) is 11.5 Å². The second-order valence-electron chi connectivity index (χ2n) is 11.6. The Morgan fingerprint density at radius 2 is 0.833 bits per heavy atom. The number of unbranched alkanes of at least 4 members (excludes halogenated alkanes) is 18. The number of rotatable bonds is 28. The second kappa shape index (κ2) is 25.2. The van der Waals surface area contributed by atoms with Gasteiger partial charge in [0.2, 0.25) is 17.2 Å². The maximum absolute atomic E-state index is 11.5. The largest absolute Gasteiger partial charge is 0.511 e. The molecule has 0 spiro atoms. The quantitative estimate of drug-likeness (QED) is 0.0566. The molecule has 0 heterocycles. The molecule has 0 aliphatic heterocycles. The van der Waals surface area contributed by atoms with Gasteiger partial charge >= 0.3 is 6.16 Å². The lowest BCUT2D eigenvalue weighted by molar-refractivity contribution is 0.141. The maximum Gasteiger partial charge on any atom is 0.511 e. The number of ether oxygens (including phenoxy) is 4. The van der Waals surface area contributed by atoms with Crippen molar-refractivity contribution in [3.8, 4) is 28.7 Å². The predicted molar refractivity (Wildman–Crippen MR) is 172 cm³/mol. The van der Waals surface area contributed by atoms with Crippen LogP contribution in [0.15, 0.2) is 0 Å². The van der Waals surface area contributed by atoms with E-state index in [0.717, 1.165) is 44.9 Å². The average Bonchev–Trinajstić information content (AvgIpc) is 2.97. The lowest BCUT2D eigenvalue weighted by atomic mass is 10.1. The first-order valence-corrected chi connectivity index (χ1v) is 17.2. The van der Waals surface area contributed by atoms with Gasteiger partial charge in [0.05, 0.1) is 19.8 Å². The molecule has 0 radical (unpaired) electrons. The first-order chi connectivity index (χ1) is 20.5. The van der Waals surface area contributed by atoms with Gasteiger partial charge in [-0.25, -0.2) is 4.79 Å². The average molecular weight is 595 g/mol. The van der Waals surface area contributed by atoms with Gasteiger partial charge in [-0.15, -0.1) is 0 Å². The Hall–Kier alpha value is -2.31. The molecule has 1 aromatic carbocycles. The minimum Gasteiger partial charge on any atom is -0.502 e. The molecule has 0 aromatic heterocycles. The fraction of sp³-hybridized carbons (Fsp3) is 0.800. The molecule has 1 rings (SSSR count). The van der Waals surface area contributed by atoms with Crippen LogP contribution in [0, 0.1) is 6.92 Å². The summed E-state index contributed by atoms with van der Waals surface area (Å²) in [6.07, 6.45) is 22.7. The number of carboxylic acid groups (broad SMARTS) is 1. The van der Waals surface area contributed by atoms with E-state index in [-0.39, 0.29) is 17.2 Å². The van der Waals surface area contributed by atoms with E-state index in [1.807, 2.05) is 0 Å². The molecule has 0 saturated carbocycles. The molecule has 42 heavy (non-hydrogen) atoms. The highest BCUT2D eigenvalue weighted by atomic mass is 16.7. The third kappa shape index (κ3) is 16.4. The number of hydrogen-bond acceptors (Lipinski definition) is 6. The zero-order valence-electron chi connectivity index (χ0n) is 27.4. The molecule has 0 aliphatic rings. The topological polar surface area (TPSA) is 94.5 Å². The van der Waals surface area contributed by atoms with Crippen LogP contribution in [0.2, 0.25) is 0 Å². The Bertz CT molecular complexity index is 777. The van der Waals surface area contributed by atoms with Crippen molar-refractivity contribution in [2.45, 2.75) is 163 Å². The summed E-state index contributed by atoms with van der Waals surface area (Å²) >= 11 is 0. The van der Waals surface area contributed by atoms with Crippen molar-refractivity contribution in [2.75, 3.05) is 19.8 Å². The maximum atomic E-state index is 11.5. The van der Waals surface area contributed by atoms with Gasteiger partial charge in [-0.05, 0) is 26.2 Å². The lowest BCUT2D eigenvalue weighted by Crippen LogP contribution is -2.11. The first kappa shape index (κ1) is 37.7.